The molecule has 0 aliphatic carbocycles. The largest absolute Gasteiger partial charge is 0.493 e. The summed E-state index contributed by atoms with van der Waals surface area (Å²) >= 11 is 7.58. The molecule has 3 aliphatic rings. The van der Waals surface area contributed by atoms with Gasteiger partial charge in [-0.05, 0) is 39.8 Å². The predicted molar refractivity (Wildman–Crippen MR) is 148 cm³/mol. The second-order valence-corrected chi connectivity index (χ2v) is 13.1. The maximum Gasteiger partial charge on any atom is 0.256 e. The molecule has 0 saturated carbocycles. The summed E-state index contributed by atoms with van der Waals surface area (Å²) < 4.78 is 12.8. The first kappa shape index (κ1) is 26.2. The van der Waals surface area contributed by atoms with Gasteiger partial charge in [0.2, 0.25) is 0 Å². The van der Waals surface area contributed by atoms with Gasteiger partial charge < -0.3 is 24.2 Å². The van der Waals surface area contributed by atoms with Crippen LogP contribution in [-0.2, 0) is 0 Å². The van der Waals surface area contributed by atoms with Crippen LogP contribution in [-0.4, -0.2) is 95.4 Å². The second kappa shape index (κ2) is 10.3. The Kier molecular flexibility index (Phi) is 7.69. The molecule has 4 rings (SSSR count). The van der Waals surface area contributed by atoms with Gasteiger partial charge in [-0.15, -0.1) is 0 Å². The van der Waals surface area contributed by atoms with Gasteiger partial charge in [0.05, 0.1) is 31.0 Å². The Bertz CT molecular complexity index is 1000. The zero-order valence-corrected chi connectivity index (χ0v) is 23.4. The highest BCUT2D eigenvalue weighted by Gasteiger charge is 2.41. The van der Waals surface area contributed by atoms with Gasteiger partial charge in [0.25, 0.3) is 5.91 Å². The maximum absolute atomic E-state index is 13.1. The number of amides is 1. The summed E-state index contributed by atoms with van der Waals surface area (Å²) in [5.41, 5.74) is 1.01. The highest BCUT2D eigenvalue weighted by Crippen LogP contribution is 2.45. The van der Waals surface area contributed by atoms with Gasteiger partial charge in [0.15, 0.2) is 11.5 Å². The third-order valence-electron chi connectivity index (χ3n) is 7.78. The molecule has 35 heavy (non-hydrogen) atoms. The molecule has 1 atom stereocenters. The molecular formula is C26H38N4O3S2. The number of nitrogens with zero attached hydrogens (tertiary/aromatic N) is 4. The van der Waals surface area contributed by atoms with E-state index in [1.54, 1.807) is 24.9 Å². The van der Waals surface area contributed by atoms with Crippen molar-refractivity contribution in [1.82, 2.24) is 14.7 Å². The SMILES string of the molecule is COc1cc2c(cc1OCC(C)(C)C(C)(C)SC(=S)N1CCN(C)CC1)N=CC1CCCN1C2=O. The van der Waals surface area contributed by atoms with E-state index in [1.165, 1.54) is 0 Å². The monoisotopic (exact) mass is 518 g/mol. The molecule has 192 valence electrons. The smallest absolute Gasteiger partial charge is 0.256 e. The molecule has 0 radical (unpaired) electrons. The molecule has 0 spiro atoms. The number of thioether (sulfide) groups is 1. The number of fused-ring (bicyclic) bond motifs is 2. The van der Waals surface area contributed by atoms with Gasteiger partial charge in [-0.2, -0.15) is 0 Å². The lowest BCUT2D eigenvalue weighted by Gasteiger charge is -2.43. The van der Waals surface area contributed by atoms with Crippen molar-refractivity contribution in [3.8, 4) is 11.5 Å². The number of methoxy groups -OCH3 is 1. The molecule has 1 aromatic rings. The number of ether oxygens (including phenoxy) is 2. The highest BCUT2D eigenvalue weighted by atomic mass is 32.2. The minimum atomic E-state index is -0.200. The molecule has 0 bridgehead atoms. The maximum atomic E-state index is 13.1. The second-order valence-electron chi connectivity index (χ2n) is 10.8. The van der Waals surface area contributed by atoms with Crippen LogP contribution in [0.15, 0.2) is 17.1 Å². The van der Waals surface area contributed by atoms with E-state index in [0.29, 0.717) is 29.4 Å². The standard InChI is InChI=1S/C26H38N4O3S2/c1-25(2,26(3,4)35-24(34)29-12-10-28(5)11-13-29)17-33-22-15-20-19(14-21(22)32-6)23(31)30-9-7-8-18(30)16-27-20/h14-16,18H,7-13,17H2,1-6H3. The van der Waals surface area contributed by atoms with Gasteiger partial charge in [-0.3, -0.25) is 9.79 Å². The fourth-order valence-corrected chi connectivity index (χ4v) is 6.35. The van der Waals surface area contributed by atoms with Crippen LogP contribution in [0, 0.1) is 5.41 Å². The molecule has 1 unspecified atom stereocenters. The number of rotatable bonds is 6. The van der Waals surface area contributed by atoms with E-state index >= 15 is 0 Å². The Labute approximate surface area is 219 Å². The Balaban J connectivity index is 1.47. The first-order chi connectivity index (χ1) is 16.5. The molecule has 0 aromatic heterocycles. The number of thiocarbonyl (C=S) groups is 1. The number of likely N-dealkylation sites (N-methyl/N-ethyl adjacent to an activating group) is 1. The fraction of sp³-hybridized carbons (Fsp3) is 0.654. The van der Waals surface area contributed by atoms with E-state index in [2.05, 4.69) is 49.5 Å². The van der Waals surface area contributed by atoms with Crippen molar-refractivity contribution in [2.24, 2.45) is 10.4 Å². The predicted octanol–water partition coefficient (Wildman–Crippen LogP) is 4.46. The van der Waals surface area contributed by atoms with Crippen LogP contribution in [0.3, 0.4) is 0 Å². The van der Waals surface area contributed by atoms with E-state index < -0.39 is 0 Å². The average Bonchev–Trinajstić information content (AvgIpc) is 3.25. The van der Waals surface area contributed by atoms with Gasteiger partial charge >= 0.3 is 0 Å². The third-order valence-corrected chi connectivity index (χ3v) is 9.78. The van der Waals surface area contributed by atoms with Crippen molar-refractivity contribution < 1.29 is 14.3 Å². The van der Waals surface area contributed by atoms with Crippen LogP contribution < -0.4 is 9.47 Å². The first-order valence-electron chi connectivity index (χ1n) is 12.4. The van der Waals surface area contributed by atoms with Crippen LogP contribution in [0.2, 0.25) is 0 Å². The zero-order valence-electron chi connectivity index (χ0n) is 21.8. The molecule has 0 N–H and O–H groups in total. The number of piperazine rings is 1. The summed E-state index contributed by atoms with van der Waals surface area (Å²) in [5.74, 6) is 1.17. The number of aliphatic imine (C=N–C) groups is 1. The average molecular weight is 519 g/mol. The lowest BCUT2D eigenvalue weighted by Crippen LogP contribution is -2.48. The van der Waals surface area contributed by atoms with Crippen molar-refractivity contribution >= 4 is 46.1 Å². The van der Waals surface area contributed by atoms with Gasteiger partial charge in [-0.25, -0.2) is 0 Å². The molecule has 1 aromatic carbocycles. The number of carbonyl (C=O) groups excluding carboxylic acids is 1. The van der Waals surface area contributed by atoms with Crippen molar-refractivity contribution in [1.29, 1.82) is 0 Å². The van der Waals surface area contributed by atoms with E-state index in [9.17, 15) is 4.79 Å². The van der Waals surface area contributed by atoms with E-state index in [0.717, 1.165) is 49.9 Å². The Hall–Kier alpha value is -1.84. The van der Waals surface area contributed by atoms with Crippen molar-refractivity contribution in [2.75, 3.05) is 53.5 Å². The van der Waals surface area contributed by atoms with Crippen molar-refractivity contribution in [3.05, 3.63) is 17.7 Å². The van der Waals surface area contributed by atoms with Gasteiger partial charge in [-0.1, -0.05) is 37.8 Å². The van der Waals surface area contributed by atoms with Crippen LogP contribution in [0.1, 0.15) is 50.9 Å². The Morgan fingerprint density at radius 2 is 1.86 bits per heavy atom. The zero-order chi connectivity index (χ0) is 25.4. The summed E-state index contributed by atoms with van der Waals surface area (Å²) in [7, 11) is 3.76. The van der Waals surface area contributed by atoms with E-state index in [4.69, 9.17) is 21.7 Å². The number of hydrogen-bond donors (Lipinski definition) is 0. The molecule has 2 fully saturated rings. The highest BCUT2D eigenvalue weighted by molar-refractivity contribution is 8.23. The Morgan fingerprint density at radius 3 is 2.54 bits per heavy atom. The molecule has 3 aliphatic heterocycles. The number of benzene rings is 1. The topological polar surface area (TPSA) is 57.6 Å². The number of carbonyl (C=O) groups is 1. The summed E-state index contributed by atoms with van der Waals surface area (Å²) in [6, 6.07) is 3.70. The quantitative estimate of drug-likeness (QED) is 0.515. The first-order valence-corrected chi connectivity index (χ1v) is 13.6. The lowest BCUT2D eigenvalue weighted by molar-refractivity contribution is 0.0774. The summed E-state index contributed by atoms with van der Waals surface area (Å²) in [5, 5.41) is 0. The van der Waals surface area contributed by atoms with Crippen LogP contribution in [0.25, 0.3) is 0 Å². The van der Waals surface area contributed by atoms with E-state index in [1.807, 2.05) is 17.2 Å². The molecule has 9 heteroatoms. The molecule has 3 heterocycles. The minimum absolute atomic E-state index is 0.0140. The molecule has 2 saturated heterocycles. The van der Waals surface area contributed by atoms with E-state index in [-0.39, 0.29) is 22.1 Å². The molecule has 7 nitrogen and oxygen atoms in total. The normalized spacial score (nSPS) is 21.0. The summed E-state index contributed by atoms with van der Waals surface area (Å²) in [6.45, 7) is 14.1. The van der Waals surface area contributed by atoms with Gasteiger partial charge in [0, 0.05) is 55.2 Å². The molecule has 1 amide bonds. The van der Waals surface area contributed by atoms with Crippen molar-refractivity contribution in [3.63, 3.8) is 0 Å². The fourth-order valence-electron chi connectivity index (χ4n) is 4.46. The van der Waals surface area contributed by atoms with Crippen molar-refractivity contribution in [2.45, 2.75) is 51.3 Å². The van der Waals surface area contributed by atoms with Crippen LogP contribution in [0.5, 0.6) is 11.5 Å². The lowest BCUT2D eigenvalue weighted by atomic mass is 9.81. The van der Waals surface area contributed by atoms with Crippen LogP contribution >= 0.6 is 24.0 Å². The third kappa shape index (κ3) is 5.47. The van der Waals surface area contributed by atoms with Gasteiger partial charge in [0.1, 0.15) is 4.32 Å². The number of hydrogen-bond acceptors (Lipinski definition) is 7. The summed E-state index contributed by atoms with van der Waals surface area (Å²) in [4.78, 5) is 24.3. The minimum Gasteiger partial charge on any atom is -0.493 e. The summed E-state index contributed by atoms with van der Waals surface area (Å²) in [6.07, 6.45) is 3.87. The Morgan fingerprint density at radius 1 is 1.14 bits per heavy atom. The van der Waals surface area contributed by atoms with Crippen LogP contribution in [0.4, 0.5) is 5.69 Å². The molecular weight excluding hydrogens is 480 g/mol.